The molecule has 0 radical (unpaired) electrons. The molecule has 132 valence electrons. The third kappa shape index (κ3) is 5.50. The van der Waals surface area contributed by atoms with E-state index in [1.807, 2.05) is 0 Å². The molecule has 0 saturated heterocycles. The molecule has 25 heavy (non-hydrogen) atoms. The molecular formula is C19H20ClNO4. The molecule has 0 spiro atoms. The van der Waals surface area contributed by atoms with Crippen LogP contribution in [-0.2, 0) is 11.3 Å². The van der Waals surface area contributed by atoms with Gasteiger partial charge in [-0.1, -0.05) is 35.9 Å². The molecule has 0 atom stereocenters. The first-order valence-corrected chi connectivity index (χ1v) is 8.12. The number of nitrogens with one attached hydrogen (secondary N) is 1. The van der Waals surface area contributed by atoms with Crippen molar-refractivity contribution >= 4 is 23.7 Å². The van der Waals surface area contributed by atoms with Gasteiger partial charge in [-0.25, -0.2) is 9.59 Å². The highest BCUT2D eigenvalue weighted by molar-refractivity contribution is 6.30. The van der Waals surface area contributed by atoms with Crippen LogP contribution in [0.4, 0.5) is 4.79 Å². The van der Waals surface area contributed by atoms with E-state index in [9.17, 15) is 14.7 Å². The number of carboxylic acid groups (broad SMARTS) is 1. The Morgan fingerprint density at radius 2 is 1.76 bits per heavy atom. The fraction of sp³-hybridized carbons (Fsp3) is 0.263. The first-order chi connectivity index (χ1) is 11.7. The number of halogens is 1. The minimum Gasteiger partial charge on any atom is -0.478 e. The largest absolute Gasteiger partial charge is 0.478 e. The predicted molar refractivity (Wildman–Crippen MR) is 96.9 cm³/mol. The van der Waals surface area contributed by atoms with Crippen molar-refractivity contribution in [3.8, 4) is 11.1 Å². The highest BCUT2D eigenvalue weighted by Crippen LogP contribution is 2.26. The van der Waals surface area contributed by atoms with Crippen molar-refractivity contribution in [1.29, 1.82) is 0 Å². The fourth-order valence-electron chi connectivity index (χ4n) is 2.25. The van der Waals surface area contributed by atoms with E-state index in [4.69, 9.17) is 16.3 Å². The van der Waals surface area contributed by atoms with Gasteiger partial charge in [0.15, 0.2) is 0 Å². The van der Waals surface area contributed by atoms with Crippen molar-refractivity contribution in [2.75, 3.05) is 0 Å². The van der Waals surface area contributed by atoms with E-state index in [1.54, 1.807) is 63.2 Å². The number of carbonyl (C=O) groups is 2. The molecule has 0 fully saturated rings. The topological polar surface area (TPSA) is 75.6 Å². The number of ether oxygens (including phenoxy) is 1. The molecule has 6 heteroatoms. The zero-order valence-electron chi connectivity index (χ0n) is 14.3. The lowest BCUT2D eigenvalue weighted by Crippen LogP contribution is -2.32. The van der Waals surface area contributed by atoms with Gasteiger partial charge in [-0.05, 0) is 55.7 Å². The number of carboxylic acids is 1. The summed E-state index contributed by atoms with van der Waals surface area (Å²) in [5.74, 6) is -1.04. The molecule has 0 aliphatic heterocycles. The first kappa shape index (κ1) is 18.8. The molecule has 2 rings (SSSR count). The van der Waals surface area contributed by atoms with E-state index in [0.717, 1.165) is 5.56 Å². The van der Waals surface area contributed by atoms with Crippen molar-refractivity contribution in [2.24, 2.45) is 0 Å². The molecule has 2 aromatic rings. The van der Waals surface area contributed by atoms with Crippen LogP contribution in [0.2, 0.25) is 5.02 Å². The number of hydrogen-bond donors (Lipinski definition) is 2. The number of alkyl carbamates (subject to hydrolysis) is 1. The number of carbonyl (C=O) groups excluding carboxylic acids is 1. The van der Waals surface area contributed by atoms with Gasteiger partial charge in [0, 0.05) is 11.6 Å². The predicted octanol–water partition coefficient (Wildman–Crippen LogP) is 4.73. The maximum atomic E-state index is 11.7. The Balaban J connectivity index is 2.20. The van der Waals surface area contributed by atoms with Gasteiger partial charge < -0.3 is 15.2 Å². The quantitative estimate of drug-likeness (QED) is 0.825. The van der Waals surface area contributed by atoms with Crippen LogP contribution >= 0.6 is 11.6 Å². The summed E-state index contributed by atoms with van der Waals surface area (Å²) in [4.78, 5) is 23.3. The lowest BCUT2D eigenvalue weighted by molar-refractivity contribution is 0.0523. The maximum Gasteiger partial charge on any atom is 0.407 e. The van der Waals surface area contributed by atoms with Gasteiger partial charge in [-0.2, -0.15) is 0 Å². The van der Waals surface area contributed by atoms with E-state index in [-0.39, 0.29) is 12.1 Å². The summed E-state index contributed by atoms with van der Waals surface area (Å²) in [7, 11) is 0. The zero-order valence-corrected chi connectivity index (χ0v) is 15.1. The molecule has 0 aliphatic rings. The average Bonchev–Trinajstić information content (AvgIpc) is 2.52. The molecule has 1 amide bonds. The Morgan fingerprint density at radius 3 is 2.32 bits per heavy atom. The van der Waals surface area contributed by atoms with Gasteiger partial charge in [0.05, 0.1) is 5.56 Å². The molecule has 5 nitrogen and oxygen atoms in total. The standard InChI is InChI=1S/C19H20ClNO4/c1-19(2,3)25-18(24)21-11-12-4-9-15(16(10-12)17(22)23)13-5-7-14(20)8-6-13/h4-10H,11H2,1-3H3,(H,21,24)(H,22,23). The van der Waals surface area contributed by atoms with Gasteiger partial charge in [0.25, 0.3) is 0 Å². The van der Waals surface area contributed by atoms with Crippen molar-refractivity contribution in [1.82, 2.24) is 5.32 Å². The van der Waals surface area contributed by atoms with E-state index in [0.29, 0.717) is 16.1 Å². The zero-order chi connectivity index (χ0) is 18.6. The van der Waals surface area contributed by atoms with Crippen molar-refractivity contribution in [2.45, 2.75) is 32.9 Å². The van der Waals surface area contributed by atoms with E-state index < -0.39 is 17.7 Å². The Labute approximate surface area is 151 Å². The minimum absolute atomic E-state index is 0.158. The van der Waals surface area contributed by atoms with Crippen molar-refractivity contribution < 1.29 is 19.4 Å². The lowest BCUT2D eigenvalue weighted by atomic mass is 9.97. The van der Waals surface area contributed by atoms with Crippen LogP contribution in [0, 0.1) is 0 Å². The molecule has 0 saturated carbocycles. The average molecular weight is 362 g/mol. The van der Waals surface area contributed by atoms with Gasteiger partial charge >= 0.3 is 12.1 Å². The van der Waals surface area contributed by atoms with Crippen LogP contribution in [0.25, 0.3) is 11.1 Å². The van der Waals surface area contributed by atoms with Gasteiger partial charge in [0.1, 0.15) is 5.60 Å². The Morgan fingerprint density at radius 1 is 1.12 bits per heavy atom. The molecule has 0 aromatic heterocycles. The van der Waals surface area contributed by atoms with Crippen LogP contribution in [-0.4, -0.2) is 22.8 Å². The summed E-state index contributed by atoms with van der Waals surface area (Å²) in [5, 5.41) is 12.7. The van der Waals surface area contributed by atoms with E-state index >= 15 is 0 Å². The van der Waals surface area contributed by atoms with Gasteiger partial charge in [0.2, 0.25) is 0 Å². The van der Waals surface area contributed by atoms with Crippen LogP contribution in [0.1, 0.15) is 36.7 Å². The minimum atomic E-state index is -1.04. The first-order valence-electron chi connectivity index (χ1n) is 7.75. The van der Waals surface area contributed by atoms with Gasteiger partial charge in [-0.15, -0.1) is 0 Å². The Bertz CT molecular complexity index is 779. The third-order valence-electron chi connectivity index (χ3n) is 3.31. The smallest absolute Gasteiger partial charge is 0.407 e. The summed E-state index contributed by atoms with van der Waals surface area (Å²) in [6.07, 6.45) is -0.550. The third-order valence-corrected chi connectivity index (χ3v) is 3.56. The summed E-state index contributed by atoms with van der Waals surface area (Å²) in [6.45, 7) is 5.50. The monoisotopic (exact) mass is 361 g/mol. The fourth-order valence-corrected chi connectivity index (χ4v) is 2.37. The number of aromatic carboxylic acids is 1. The van der Waals surface area contributed by atoms with Crippen molar-refractivity contribution in [3.63, 3.8) is 0 Å². The van der Waals surface area contributed by atoms with E-state index in [2.05, 4.69) is 5.32 Å². The second kappa shape index (κ2) is 7.57. The van der Waals surface area contributed by atoms with Crippen molar-refractivity contribution in [3.05, 3.63) is 58.6 Å². The SMILES string of the molecule is CC(C)(C)OC(=O)NCc1ccc(-c2ccc(Cl)cc2)c(C(=O)O)c1. The summed E-state index contributed by atoms with van der Waals surface area (Å²) >= 11 is 5.87. The summed E-state index contributed by atoms with van der Waals surface area (Å²) in [5.41, 5.74) is 1.58. The summed E-state index contributed by atoms with van der Waals surface area (Å²) in [6, 6.07) is 12.0. The lowest BCUT2D eigenvalue weighted by Gasteiger charge is -2.19. The second-order valence-electron chi connectivity index (χ2n) is 6.55. The normalized spacial score (nSPS) is 11.0. The molecule has 0 bridgehead atoms. The number of rotatable bonds is 4. The molecular weight excluding hydrogens is 342 g/mol. The number of benzene rings is 2. The highest BCUT2D eigenvalue weighted by atomic mass is 35.5. The Kier molecular flexibility index (Phi) is 5.69. The van der Waals surface area contributed by atoms with Gasteiger partial charge in [-0.3, -0.25) is 0 Å². The molecule has 0 aliphatic carbocycles. The van der Waals surface area contributed by atoms with E-state index in [1.165, 1.54) is 0 Å². The molecule has 0 unspecified atom stereocenters. The maximum absolute atomic E-state index is 11.7. The number of hydrogen-bond acceptors (Lipinski definition) is 3. The molecule has 2 aromatic carbocycles. The number of amides is 1. The summed E-state index contributed by atoms with van der Waals surface area (Å²) < 4.78 is 5.16. The Hall–Kier alpha value is -2.53. The second-order valence-corrected chi connectivity index (χ2v) is 6.98. The van der Waals surface area contributed by atoms with Crippen LogP contribution in [0.3, 0.4) is 0 Å². The highest BCUT2D eigenvalue weighted by Gasteiger charge is 2.17. The molecule has 2 N–H and O–H groups in total. The molecule has 0 heterocycles. The van der Waals surface area contributed by atoms with Crippen LogP contribution in [0.5, 0.6) is 0 Å². The van der Waals surface area contributed by atoms with Crippen LogP contribution in [0.15, 0.2) is 42.5 Å². The van der Waals surface area contributed by atoms with Crippen LogP contribution < -0.4 is 5.32 Å².